The van der Waals surface area contributed by atoms with Gasteiger partial charge in [-0.25, -0.2) is 0 Å². The lowest BCUT2D eigenvalue weighted by molar-refractivity contribution is 0.0745. The molecule has 0 bridgehead atoms. The van der Waals surface area contributed by atoms with Crippen LogP contribution in [-0.4, -0.2) is 63.5 Å². The van der Waals surface area contributed by atoms with Crippen molar-refractivity contribution in [3.05, 3.63) is 23.8 Å². The molecular weight excluding hydrogens is 264 g/mol. The molecule has 118 valence electrons. The highest BCUT2D eigenvalue weighted by Gasteiger charge is 2.16. The van der Waals surface area contributed by atoms with Gasteiger partial charge < -0.3 is 20.4 Å². The molecule has 0 aliphatic rings. The summed E-state index contributed by atoms with van der Waals surface area (Å²) in [5.41, 5.74) is 8.26. The number of nitrogens with zero attached hydrogens (tertiary/aromatic N) is 3. The maximum Gasteiger partial charge on any atom is 0.253 e. The number of benzene rings is 1. The van der Waals surface area contributed by atoms with Gasteiger partial charge in [-0.1, -0.05) is 6.92 Å². The normalized spacial score (nSPS) is 10.8. The Bertz CT molecular complexity index is 471. The SMILES string of the molecule is CCCN(CCN(C)C)C(=O)c1ccc(N(C)C)c(N)c1. The van der Waals surface area contributed by atoms with E-state index in [9.17, 15) is 4.79 Å². The van der Waals surface area contributed by atoms with Gasteiger partial charge in [-0.2, -0.15) is 0 Å². The van der Waals surface area contributed by atoms with Crippen LogP contribution in [0.15, 0.2) is 18.2 Å². The Labute approximate surface area is 128 Å². The van der Waals surface area contributed by atoms with Crippen molar-refractivity contribution in [2.45, 2.75) is 13.3 Å². The van der Waals surface area contributed by atoms with Crippen LogP contribution in [0, 0.1) is 0 Å². The summed E-state index contributed by atoms with van der Waals surface area (Å²) in [7, 11) is 7.90. The fourth-order valence-corrected chi connectivity index (χ4v) is 2.18. The molecule has 1 aromatic rings. The smallest absolute Gasteiger partial charge is 0.253 e. The van der Waals surface area contributed by atoms with Gasteiger partial charge in [-0.15, -0.1) is 0 Å². The van der Waals surface area contributed by atoms with Crippen LogP contribution in [0.2, 0.25) is 0 Å². The molecule has 0 saturated heterocycles. The van der Waals surface area contributed by atoms with Crippen molar-refractivity contribution in [1.29, 1.82) is 0 Å². The van der Waals surface area contributed by atoms with E-state index in [-0.39, 0.29) is 5.91 Å². The van der Waals surface area contributed by atoms with E-state index in [1.807, 2.05) is 50.1 Å². The number of nitrogens with two attached hydrogens (primary N) is 1. The van der Waals surface area contributed by atoms with Gasteiger partial charge in [0.25, 0.3) is 5.91 Å². The average Bonchev–Trinajstić information content (AvgIpc) is 2.41. The summed E-state index contributed by atoms with van der Waals surface area (Å²) in [6.45, 7) is 4.44. The molecule has 5 heteroatoms. The average molecular weight is 292 g/mol. The van der Waals surface area contributed by atoms with Crippen molar-refractivity contribution in [2.24, 2.45) is 0 Å². The molecule has 0 aromatic heterocycles. The van der Waals surface area contributed by atoms with E-state index in [1.165, 1.54) is 0 Å². The molecule has 0 atom stereocenters. The van der Waals surface area contributed by atoms with Crippen LogP contribution >= 0.6 is 0 Å². The number of hydrogen-bond donors (Lipinski definition) is 1. The Kier molecular flexibility index (Phi) is 6.49. The molecule has 1 aromatic carbocycles. The lowest BCUT2D eigenvalue weighted by atomic mass is 10.1. The minimum atomic E-state index is 0.0516. The lowest BCUT2D eigenvalue weighted by Gasteiger charge is -2.24. The zero-order chi connectivity index (χ0) is 16.0. The van der Waals surface area contributed by atoms with E-state index >= 15 is 0 Å². The molecule has 0 radical (unpaired) electrons. The minimum absolute atomic E-state index is 0.0516. The van der Waals surface area contributed by atoms with Gasteiger partial charge in [0.2, 0.25) is 0 Å². The predicted octanol–water partition coefficient (Wildman–Crippen LogP) is 1.75. The second-order valence-electron chi connectivity index (χ2n) is 5.76. The van der Waals surface area contributed by atoms with Crippen molar-refractivity contribution in [2.75, 3.05) is 58.5 Å². The topological polar surface area (TPSA) is 52.8 Å². The molecule has 21 heavy (non-hydrogen) atoms. The van der Waals surface area contributed by atoms with Crippen LogP contribution < -0.4 is 10.6 Å². The molecule has 0 fully saturated rings. The number of nitrogen functional groups attached to an aromatic ring is 1. The predicted molar refractivity (Wildman–Crippen MR) is 89.9 cm³/mol. The molecule has 0 heterocycles. The van der Waals surface area contributed by atoms with Crippen molar-refractivity contribution in [3.8, 4) is 0 Å². The third kappa shape index (κ3) is 4.93. The summed E-state index contributed by atoms with van der Waals surface area (Å²) in [6.07, 6.45) is 0.949. The summed E-state index contributed by atoms with van der Waals surface area (Å²) in [6, 6.07) is 5.53. The summed E-state index contributed by atoms with van der Waals surface area (Å²) < 4.78 is 0. The van der Waals surface area contributed by atoms with Crippen LogP contribution in [0.5, 0.6) is 0 Å². The number of likely N-dealkylation sites (N-methyl/N-ethyl adjacent to an activating group) is 1. The molecular formula is C16H28N4O. The number of carbonyl (C=O) groups excluding carboxylic acids is 1. The number of amides is 1. The molecule has 1 rings (SSSR count). The number of hydrogen-bond acceptors (Lipinski definition) is 4. The first-order valence-corrected chi connectivity index (χ1v) is 7.37. The Hall–Kier alpha value is -1.75. The van der Waals surface area contributed by atoms with E-state index in [4.69, 9.17) is 5.73 Å². The molecule has 0 spiro atoms. The van der Waals surface area contributed by atoms with Gasteiger partial charge in [-0.05, 0) is 38.7 Å². The zero-order valence-electron chi connectivity index (χ0n) is 13.9. The van der Waals surface area contributed by atoms with Crippen LogP contribution in [-0.2, 0) is 0 Å². The number of anilines is 2. The van der Waals surface area contributed by atoms with E-state index in [2.05, 4.69) is 11.8 Å². The van der Waals surface area contributed by atoms with Crippen molar-refractivity contribution in [3.63, 3.8) is 0 Å². The first-order valence-electron chi connectivity index (χ1n) is 7.37. The van der Waals surface area contributed by atoms with Gasteiger partial charge >= 0.3 is 0 Å². The van der Waals surface area contributed by atoms with Crippen LogP contribution in [0.4, 0.5) is 11.4 Å². The third-order valence-corrected chi connectivity index (χ3v) is 3.35. The van der Waals surface area contributed by atoms with E-state index < -0.39 is 0 Å². The van der Waals surface area contributed by atoms with Crippen molar-refractivity contribution < 1.29 is 4.79 Å². The van der Waals surface area contributed by atoms with E-state index in [0.29, 0.717) is 11.3 Å². The van der Waals surface area contributed by atoms with Gasteiger partial charge in [0.15, 0.2) is 0 Å². The maximum atomic E-state index is 12.6. The molecule has 2 N–H and O–H groups in total. The van der Waals surface area contributed by atoms with Crippen LogP contribution in [0.1, 0.15) is 23.7 Å². The van der Waals surface area contributed by atoms with E-state index in [0.717, 1.165) is 31.7 Å². The quantitative estimate of drug-likeness (QED) is 0.778. The van der Waals surface area contributed by atoms with Crippen molar-refractivity contribution >= 4 is 17.3 Å². The van der Waals surface area contributed by atoms with Crippen molar-refractivity contribution in [1.82, 2.24) is 9.80 Å². The highest BCUT2D eigenvalue weighted by molar-refractivity contribution is 5.96. The fraction of sp³-hybridized carbons (Fsp3) is 0.562. The largest absolute Gasteiger partial charge is 0.397 e. The zero-order valence-corrected chi connectivity index (χ0v) is 13.9. The summed E-state index contributed by atoms with van der Waals surface area (Å²) in [5, 5.41) is 0. The maximum absolute atomic E-state index is 12.6. The van der Waals surface area contributed by atoms with Gasteiger partial charge in [-0.3, -0.25) is 4.79 Å². The Balaban J connectivity index is 2.90. The highest BCUT2D eigenvalue weighted by atomic mass is 16.2. The molecule has 1 amide bonds. The summed E-state index contributed by atoms with van der Waals surface area (Å²) >= 11 is 0. The third-order valence-electron chi connectivity index (χ3n) is 3.35. The molecule has 0 unspecified atom stereocenters. The van der Waals surface area contributed by atoms with Crippen LogP contribution in [0.25, 0.3) is 0 Å². The van der Waals surface area contributed by atoms with Gasteiger partial charge in [0.05, 0.1) is 11.4 Å². The first-order chi connectivity index (χ1) is 9.86. The molecule has 0 aliphatic heterocycles. The van der Waals surface area contributed by atoms with Gasteiger partial charge in [0, 0.05) is 39.3 Å². The Morgan fingerprint density at radius 1 is 1.10 bits per heavy atom. The lowest BCUT2D eigenvalue weighted by Crippen LogP contribution is -2.37. The molecule has 5 nitrogen and oxygen atoms in total. The number of rotatable bonds is 7. The van der Waals surface area contributed by atoms with Gasteiger partial charge in [0.1, 0.15) is 0 Å². The Morgan fingerprint density at radius 2 is 1.76 bits per heavy atom. The highest BCUT2D eigenvalue weighted by Crippen LogP contribution is 2.23. The van der Waals surface area contributed by atoms with Crippen LogP contribution in [0.3, 0.4) is 0 Å². The monoisotopic (exact) mass is 292 g/mol. The Morgan fingerprint density at radius 3 is 2.24 bits per heavy atom. The standard InChI is InChI=1S/C16H28N4O/c1-6-9-20(11-10-18(2)3)16(21)13-7-8-15(19(4)5)14(17)12-13/h7-8,12H,6,9-11,17H2,1-5H3. The second kappa shape index (κ2) is 7.88. The molecule has 0 saturated carbocycles. The summed E-state index contributed by atoms with van der Waals surface area (Å²) in [5.74, 6) is 0.0516. The fourth-order valence-electron chi connectivity index (χ4n) is 2.18. The molecule has 0 aliphatic carbocycles. The minimum Gasteiger partial charge on any atom is -0.397 e. The van der Waals surface area contributed by atoms with E-state index in [1.54, 1.807) is 6.07 Å². The number of carbonyl (C=O) groups is 1. The summed E-state index contributed by atoms with van der Waals surface area (Å²) in [4.78, 5) is 18.5. The first kappa shape index (κ1) is 17.3. The second-order valence-corrected chi connectivity index (χ2v) is 5.76.